The van der Waals surface area contributed by atoms with Crippen molar-refractivity contribution in [1.82, 2.24) is 0 Å². The molecule has 0 aromatic rings. The summed E-state index contributed by atoms with van der Waals surface area (Å²) in [5, 5.41) is 0. The molecule has 0 atom stereocenters. The summed E-state index contributed by atoms with van der Waals surface area (Å²) in [4.78, 5) is 9.94. The highest BCUT2D eigenvalue weighted by Gasteiger charge is 2.23. The zero-order valence-electron chi connectivity index (χ0n) is 7.80. The summed E-state index contributed by atoms with van der Waals surface area (Å²) < 4.78 is 4.62. The molecule has 0 heterocycles. The summed E-state index contributed by atoms with van der Waals surface area (Å²) in [7, 11) is 0. The molecule has 1 fully saturated rings. The highest BCUT2D eigenvalue weighted by atomic mass is 16.5. The molecular formula is C10H16O2. The van der Waals surface area contributed by atoms with Crippen LogP contribution in [0.3, 0.4) is 0 Å². The number of carbonyl (C=O) groups excluding carboxylic acids is 1. The van der Waals surface area contributed by atoms with Crippen molar-refractivity contribution in [3.05, 3.63) is 11.8 Å². The second-order valence-corrected chi connectivity index (χ2v) is 4.20. The van der Waals surface area contributed by atoms with E-state index in [4.69, 9.17) is 0 Å². The number of hydrogen-bond acceptors (Lipinski definition) is 2. The highest BCUT2D eigenvalue weighted by molar-refractivity contribution is 5.38. The first-order valence-electron chi connectivity index (χ1n) is 4.41. The summed E-state index contributed by atoms with van der Waals surface area (Å²) in [5.74, 6) is 0. The SMILES string of the molecule is CC1(C)CCC/C(=C\OC=O)C1. The maximum Gasteiger partial charge on any atom is 0.297 e. The van der Waals surface area contributed by atoms with Gasteiger partial charge < -0.3 is 4.74 Å². The van der Waals surface area contributed by atoms with Crippen LogP contribution in [0.4, 0.5) is 0 Å². The van der Waals surface area contributed by atoms with Crippen molar-refractivity contribution >= 4 is 6.47 Å². The van der Waals surface area contributed by atoms with E-state index in [0.717, 1.165) is 12.8 Å². The number of ether oxygens (including phenoxy) is 1. The summed E-state index contributed by atoms with van der Waals surface area (Å²) in [6.45, 7) is 4.98. The molecule has 0 unspecified atom stereocenters. The second-order valence-electron chi connectivity index (χ2n) is 4.20. The molecule has 0 spiro atoms. The van der Waals surface area contributed by atoms with Gasteiger partial charge in [0, 0.05) is 0 Å². The molecule has 2 nitrogen and oxygen atoms in total. The van der Waals surface area contributed by atoms with Crippen LogP contribution in [0.15, 0.2) is 11.8 Å². The molecule has 1 aliphatic rings. The van der Waals surface area contributed by atoms with Crippen molar-refractivity contribution in [2.75, 3.05) is 0 Å². The van der Waals surface area contributed by atoms with Crippen molar-refractivity contribution in [2.45, 2.75) is 39.5 Å². The minimum Gasteiger partial charge on any atom is -0.437 e. The summed E-state index contributed by atoms with van der Waals surface area (Å²) in [5.41, 5.74) is 1.65. The molecule has 0 N–H and O–H groups in total. The van der Waals surface area contributed by atoms with Crippen molar-refractivity contribution in [1.29, 1.82) is 0 Å². The first-order chi connectivity index (χ1) is 5.64. The number of rotatable bonds is 2. The average molecular weight is 168 g/mol. The van der Waals surface area contributed by atoms with Gasteiger partial charge in [0.05, 0.1) is 6.26 Å². The fourth-order valence-electron chi connectivity index (χ4n) is 1.81. The van der Waals surface area contributed by atoms with Gasteiger partial charge in [-0.05, 0) is 36.7 Å². The Balaban J connectivity index is 2.51. The minimum absolute atomic E-state index is 0.385. The predicted molar refractivity (Wildman–Crippen MR) is 47.5 cm³/mol. The molecule has 1 rings (SSSR count). The van der Waals surface area contributed by atoms with E-state index in [9.17, 15) is 4.79 Å². The first kappa shape index (κ1) is 9.30. The molecule has 68 valence electrons. The van der Waals surface area contributed by atoms with Crippen LogP contribution >= 0.6 is 0 Å². The van der Waals surface area contributed by atoms with E-state index in [1.807, 2.05) is 0 Å². The van der Waals surface area contributed by atoms with Gasteiger partial charge in [-0.1, -0.05) is 13.8 Å². The molecule has 0 bridgehead atoms. The smallest absolute Gasteiger partial charge is 0.297 e. The maximum atomic E-state index is 9.94. The van der Waals surface area contributed by atoms with E-state index in [-0.39, 0.29) is 0 Å². The van der Waals surface area contributed by atoms with Crippen LogP contribution in [0.1, 0.15) is 39.5 Å². The Bertz CT molecular complexity index is 192. The van der Waals surface area contributed by atoms with Crippen LogP contribution in [-0.4, -0.2) is 6.47 Å². The summed E-state index contributed by atoms with van der Waals surface area (Å²) in [6.07, 6.45) is 6.22. The lowest BCUT2D eigenvalue weighted by atomic mass is 9.75. The average Bonchev–Trinajstić information content (AvgIpc) is 1.99. The quantitative estimate of drug-likeness (QED) is 0.468. The Hall–Kier alpha value is -0.790. The van der Waals surface area contributed by atoms with Crippen LogP contribution < -0.4 is 0 Å². The first-order valence-corrected chi connectivity index (χ1v) is 4.41. The normalized spacial score (nSPS) is 25.3. The molecule has 0 aromatic carbocycles. The molecular weight excluding hydrogens is 152 g/mol. The van der Waals surface area contributed by atoms with Gasteiger partial charge in [0.1, 0.15) is 0 Å². The molecule has 0 saturated heterocycles. The second kappa shape index (κ2) is 3.74. The monoisotopic (exact) mass is 168 g/mol. The third-order valence-corrected chi connectivity index (χ3v) is 2.35. The topological polar surface area (TPSA) is 26.3 Å². The lowest BCUT2D eigenvalue weighted by Gasteiger charge is -2.30. The Morgan fingerprint density at radius 1 is 1.50 bits per heavy atom. The van der Waals surface area contributed by atoms with E-state index < -0.39 is 0 Å². The molecule has 12 heavy (non-hydrogen) atoms. The molecule has 1 aliphatic carbocycles. The molecule has 0 aliphatic heterocycles. The Morgan fingerprint density at radius 3 is 2.83 bits per heavy atom. The van der Waals surface area contributed by atoms with Gasteiger partial charge >= 0.3 is 0 Å². The number of hydrogen-bond donors (Lipinski definition) is 0. The highest BCUT2D eigenvalue weighted by Crippen LogP contribution is 2.37. The standard InChI is InChI=1S/C10H16O2/c1-10(2)5-3-4-9(6-10)7-12-8-11/h7-8H,3-6H2,1-2H3/b9-7+. The van der Waals surface area contributed by atoms with Crippen molar-refractivity contribution in [3.8, 4) is 0 Å². The van der Waals surface area contributed by atoms with Gasteiger partial charge in [-0.25, -0.2) is 0 Å². The number of carbonyl (C=O) groups is 1. The van der Waals surface area contributed by atoms with E-state index in [2.05, 4.69) is 18.6 Å². The van der Waals surface area contributed by atoms with Crippen LogP contribution in [-0.2, 0) is 9.53 Å². The fraction of sp³-hybridized carbons (Fsp3) is 0.700. The van der Waals surface area contributed by atoms with E-state index in [1.165, 1.54) is 18.4 Å². The summed E-state index contributed by atoms with van der Waals surface area (Å²) in [6, 6.07) is 0. The van der Waals surface area contributed by atoms with Crippen LogP contribution in [0.2, 0.25) is 0 Å². The van der Waals surface area contributed by atoms with Crippen LogP contribution in [0.5, 0.6) is 0 Å². The third-order valence-electron chi connectivity index (χ3n) is 2.35. The van der Waals surface area contributed by atoms with Crippen molar-refractivity contribution in [2.24, 2.45) is 5.41 Å². The van der Waals surface area contributed by atoms with Crippen LogP contribution in [0.25, 0.3) is 0 Å². The predicted octanol–water partition coefficient (Wildman–Crippen LogP) is 2.64. The van der Waals surface area contributed by atoms with Crippen molar-refractivity contribution in [3.63, 3.8) is 0 Å². The lowest BCUT2D eigenvalue weighted by molar-refractivity contribution is -0.123. The van der Waals surface area contributed by atoms with E-state index in [0.29, 0.717) is 11.9 Å². The van der Waals surface area contributed by atoms with Gasteiger partial charge in [0.2, 0.25) is 0 Å². The molecule has 0 aromatic heterocycles. The van der Waals surface area contributed by atoms with E-state index >= 15 is 0 Å². The molecule has 2 heteroatoms. The molecule has 0 radical (unpaired) electrons. The largest absolute Gasteiger partial charge is 0.437 e. The minimum atomic E-state index is 0.385. The lowest BCUT2D eigenvalue weighted by Crippen LogP contribution is -2.17. The van der Waals surface area contributed by atoms with Gasteiger partial charge in [0.25, 0.3) is 6.47 Å². The zero-order valence-corrected chi connectivity index (χ0v) is 7.80. The van der Waals surface area contributed by atoms with E-state index in [1.54, 1.807) is 6.26 Å². The Morgan fingerprint density at radius 2 is 2.25 bits per heavy atom. The van der Waals surface area contributed by atoms with Gasteiger partial charge in [-0.2, -0.15) is 0 Å². The van der Waals surface area contributed by atoms with Gasteiger partial charge in [-0.3, -0.25) is 4.79 Å². The maximum absolute atomic E-state index is 9.94. The van der Waals surface area contributed by atoms with Crippen molar-refractivity contribution < 1.29 is 9.53 Å². The fourth-order valence-corrected chi connectivity index (χ4v) is 1.81. The molecule has 0 amide bonds. The van der Waals surface area contributed by atoms with Crippen LogP contribution in [0, 0.1) is 5.41 Å². The molecule has 1 saturated carbocycles. The van der Waals surface area contributed by atoms with Gasteiger partial charge in [0.15, 0.2) is 0 Å². The third kappa shape index (κ3) is 2.68. The Kier molecular flexibility index (Phi) is 2.90. The summed E-state index contributed by atoms with van der Waals surface area (Å²) >= 11 is 0. The number of allylic oxidation sites excluding steroid dienone is 1. The Labute approximate surface area is 73.6 Å². The van der Waals surface area contributed by atoms with Gasteiger partial charge in [-0.15, -0.1) is 0 Å². The zero-order chi connectivity index (χ0) is 9.03.